The number of carbonyl (C=O) groups is 1. The molecule has 19 heavy (non-hydrogen) atoms. The van der Waals surface area contributed by atoms with Crippen LogP contribution in [0.15, 0.2) is 35.5 Å². The second kappa shape index (κ2) is 5.17. The summed E-state index contributed by atoms with van der Waals surface area (Å²) >= 11 is 1.46. The minimum atomic E-state index is -0.911. The van der Waals surface area contributed by atoms with E-state index < -0.39 is 5.97 Å². The predicted octanol–water partition coefficient (Wildman–Crippen LogP) is 1.33. The minimum Gasteiger partial charge on any atom is -0.478 e. The van der Waals surface area contributed by atoms with Crippen LogP contribution in [0.4, 0.5) is 10.9 Å². The average Bonchev–Trinajstić information content (AvgIpc) is 2.91. The van der Waals surface area contributed by atoms with Crippen molar-refractivity contribution in [1.82, 2.24) is 9.97 Å². The molecule has 6 nitrogen and oxygen atoms in total. The SMILES string of the molecule is O.O=C(O)C1=Cc2cccnc2N(c2nccs2)C1. The smallest absolute Gasteiger partial charge is 0.333 e. The standard InChI is InChI=1S/C12H9N3O2S.H2O/c16-11(17)9-6-8-2-1-3-13-10(8)15(7-9)12-14-4-5-18-12;/h1-6H,7H2,(H,16,17);1H2. The first kappa shape index (κ1) is 13.2. The van der Waals surface area contributed by atoms with E-state index in [4.69, 9.17) is 5.11 Å². The van der Waals surface area contributed by atoms with E-state index in [1.54, 1.807) is 24.5 Å². The fraction of sp³-hybridized carbons (Fsp3) is 0.0833. The van der Waals surface area contributed by atoms with E-state index in [0.29, 0.717) is 5.57 Å². The topological polar surface area (TPSA) is 97.8 Å². The van der Waals surface area contributed by atoms with Gasteiger partial charge in [0.25, 0.3) is 0 Å². The van der Waals surface area contributed by atoms with Gasteiger partial charge in [-0.25, -0.2) is 14.8 Å². The summed E-state index contributed by atoms with van der Waals surface area (Å²) in [6, 6.07) is 3.64. The van der Waals surface area contributed by atoms with Crippen molar-refractivity contribution in [3.8, 4) is 0 Å². The van der Waals surface area contributed by atoms with Gasteiger partial charge in [0, 0.05) is 23.3 Å². The van der Waals surface area contributed by atoms with Crippen LogP contribution in [0.5, 0.6) is 0 Å². The Hall–Kier alpha value is -2.25. The molecule has 2 aromatic heterocycles. The van der Waals surface area contributed by atoms with Gasteiger partial charge >= 0.3 is 5.97 Å². The summed E-state index contributed by atoms with van der Waals surface area (Å²) in [5, 5.41) is 11.8. The number of aromatic nitrogens is 2. The van der Waals surface area contributed by atoms with Gasteiger partial charge in [-0.15, -0.1) is 11.3 Å². The number of hydrogen-bond donors (Lipinski definition) is 1. The fourth-order valence-corrected chi connectivity index (χ4v) is 2.51. The zero-order valence-electron chi connectivity index (χ0n) is 9.78. The number of hydrogen-bond acceptors (Lipinski definition) is 5. The number of aliphatic carboxylic acids is 1. The van der Waals surface area contributed by atoms with Crippen molar-refractivity contribution in [2.24, 2.45) is 0 Å². The van der Waals surface area contributed by atoms with Gasteiger partial charge < -0.3 is 10.6 Å². The molecule has 7 heteroatoms. The Kier molecular flexibility index (Phi) is 3.59. The van der Waals surface area contributed by atoms with Crippen molar-refractivity contribution >= 4 is 34.3 Å². The summed E-state index contributed by atoms with van der Waals surface area (Å²) in [6.45, 7) is 0.285. The lowest BCUT2D eigenvalue weighted by Crippen LogP contribution is -2.27. The molecule has 0 aromatic carbocycles. The van der Waals surface area contributed by atoms with Gasteiger partial charge in [-0.05, 0) is 18.2 Å². The van der Waals surface area contributed by atoms with Crippen molar-refractivity contribution in [1.29, 1.82) is 0 Å². The molecule has 3 rings (SSSR count). The fourth-order valence-electron chi connectivity index (χ4n) is 1.86. The third-order valence-electron chi connectivity index (χ3n) is 2.66. The minimum absolute atomic E-state index is 0. The van der Waals surface area contributed by atoms with E-state index in [1.165, 1.54) is 11.3 Å². The number of rotatable bonds is 2. The molecule has 0 amide bonds. The molecule has 0 bridgehead atoms. The summed E-state index contributed by atoms with van der Waals surface area (Å²) in [5.41, 5.74) is 1.14. The molecule has 98 valence electrons. The van der Waals surface area contributed by atoms with E-state index in [1.807, 2.05) is 16.3 Å². The number of anilines is 2. The van der Waals surface area contributed by atoms with E-state index in [0.717, 1.165) is 16.5 Å². The van der Waals surface area contributed by atoms with Gasteiger partial charge in [0.2, 0.25) is 0 Å². The lowest BCUT2D eigenvalue weighted by molar-refractivity contribution is -0.132. The number of pyridine rings is 1. The molecular formula is C12H11N3O3S. The van der Waals surface area contributed by atoms with E-state index >= 15 is 0 Å². The molecule has 0 fully saturated rings. The van der Waals surface area contributed by atoms with Crippen LogP contribution in [0.25, 0.3) is 6.08 Å². The molecule has 0 saturated carbocycles. The third kappa shape index (κ3) is 2.33. The Balaban J connectivity index is 0.00000133. The highest BCUT2D eigenvalue weighted by atomic mass is 32.1. The Morgan fingerprint density at radius 1 is 1.37 bits per heavy atom. The lowest BCUT2D eigenvalue weighted by Gasteiger charge is -2.26. The third-order valence-corrected chi connectivity index (χ3v) is 3.45. The summed E-state index contributed by atoms with van der Waals surface area (Å²) in [5.74, 6) is -0.163. The van der Waals surface area contributed by atoms with Crippen LogP contribution in [0.2, 0.25) is 0 Å². The van der Waals surface area contributed by atoms with Crippen molar-refractivity contribution in [2.45, 2.75) is 0 Å². The van der Waals surface area contributed by atoms with E-state index in [9.17, 15) is 4.79 Å². The van der Waals surface area contributed by atoms with Gasteiger partial charge in [0.05, 0.1) is 12.1 Å². The summed E-state index contributed by atoms with van der Waals surface area (Å²) in [4.78, 5) is 21.5. The zero-order valence-corrected chi connectivity index (χ0v) is 10.6. The molecule has 1 aliphatic heterocycles. The number of thiazole rings is 1. The number of fused-ring (bicyclic) bond motifs is 1. The number of carboxylic acids is 1. The zero-order chi connectivity index (χ0) is 12.5. The highest BCUT2D eigenvalue weighted by Crippen LogP contribution is 2.33. The van der Waals surface area contributed by atoms with Crippen molar-refractivity contribution < 1.29 is 15.4 Å². The Morgan fingerprint density at radius 3 is 2.89 bits per heavy atom. The molecular weight excluding hydrogens is 266 g/mol. The maximum Gasteiger partial charge on any atom is 0.333 e. The second-order valence-corrected chi connectivity index (χ2v) is 4.66. The van der Waals surface area contributed by atoms with Crippen LogP contribution >= 0.6 is 11.3 Å². The number of nitrogens with zero attached hydrogens (tertiary/aromatic N) is 3. The van der Waals surface area contributed by atoms with Crippen LogP contribution in [0.1, 0.15) is 5.56 Å². The highest BCUT2D eigenvalue weighted by Gasteiger charge is 2.24. The molecule has 3 heterocycles. The van der Waals surface area contributed by atoms with Gasteiger partial charge in [0.1, 0.15) is 5.82 Å². The van der Waals surface area contributed by atoms with Gasteiger partial charge in [-0.3, -0.25) is 4.90 Å². The lowest BCUT2D eigenvalue weighted by atomic mass is 10.1. The van der Waals surface area contributed by atoms with Gasteiger partial charge in [0.15, 0.2) is 5.13 Å². The number of carboxylic acid groups (broad SMARTS) is 1. The average molecular weight is 277 g/mol. The van der Waals surface area contributed by atoms with Crippen molar-refractivity contribution in [3.05, 3.63) is 41.0 Å². The maximum absolute atomic E-state index is 11.1. The Morgan fingerprint density at radius 2 is 2.21 bits per heavy atom. The van der Waals surface area contributed by atoms with E-state index in [-0.39, 0.29) is 12.0 Å². The molecule has 3 N–H and O–H groups in total. The largest absolute Gasteiger partial charge is 0.478 e. The summed E-state index contributed by atoms with van der Waals surface area (Å²) in [7, 11) is 0. The van der Waals surface area contributed by atoms with Gasteiger partial charge in [-0.2, -0.15) is 0 Å². The quantitative estimate of drug-likeness (QED) is 0.893. The van der Waals surface area contributed by atoms with Crippen LogP contribution in [0, 0.1) is 0 Å². The monoisotopic (exact) mass is 277 g/mol. The molecule has 0 spiro atoms. The Bertz CT molecular complexity index is 625. The maximum atomic E-state index is 11.1. The molecule has 0 atom stereocenters. The van der Waals surface area contributed by atoms with Crippen molar-refractivity contribution in [2.75, 3.05) is 11.4 Å². The summed E-state index contributed by atoms with van der Waals surface area (Å²) in [6.07, 6.45) is 5.05. The molecule has 0 aliphatic carbocycles. The van der Waals surface area contributed by atoms with Gasteiger partial charge in [-0.1, -0.05) is 0 Å². The first-order valence-electron chi connectivity index (χ1n) is 5.31. The normalized spacial score (nSPS) is 13.3. The van der Waals surface area contributed by atoms with Crippen LogP contribution in [0.3, 0.4) is 0 Å². The molecule has 1 aliphatic rings. The highest BCUT2D eigenvalue weighted by molar-refractivity contribution is 7.13. The molecule has 0 saturated heterocycles. The van der Waals surface area contributed by atoms with Crippen molar-refractivity contribution in [3.63, 3.8) is 0 Å². The summed E-state index contributed by atoms with van der Waals surface area (Å²) < 4.78 is 0. The van der Waals surface area contributed by atoms with Crippen LogP contribution < -0.4 is 4.90 Å². The van der Waals surface area contributed by atoms with E-state index in [2.05, 4.69) is 9.97 Å². The Labute approximate surface area is 113 Å². The predicted molar refractivity (Wildman–Crippen MR) is 72.6 cm³/mol. The molecule has 2 aromatic rings. The molecule has 0 radical (unpaired) electrons. The first-order chi connectivity index (χ1) is 8.75. The van der Waals surface area contributed by atoms with Crippen LogP contribution in [-0.4, -0.2) is 33.1 Å². The first-order valence-corrected chi connectivity index (χ1v) is 6.19. The second-order valence-electron chi connectivity index (χ2n) is 3.79. The molecule has 0 unspecified atom stereocenters. The van der Waals surface area contributed by atoms with Crippen LogP contribution in [-0.2, 0) is 4.79 Å².